The van der Waals surface area contributed by atoms with Crippen LogP contribution in [0.4, 0.5) is 11.6 Å². The molecule has 0 bridgehead atoms. The summed E-state index contributed by atoms with van der Waals surface area (Å²) in [5, 5.41) is 8.13. The van der Waals surface area contributed by atoms with Crippen molar-refractivity contribution in [1.82, 2.24) is 9.97 Å². The van der Waals surface area contributed by atoms with Crippen molar-refractivity contribution in [3.63, 3.8) is 0 Å². The van der Waals surface area contributed by atoms with Crippen LogP contribution in [-0.2, 0) is 9.53 Å². The Labute approximate surface area is 141 Å². The van der Waals surface area contributed by atoms with Gasteiger partial charge >= 0.3 is 0 Å². The zero-order valence-electron chi connectivity index (χ0n) is 13.8. The molecule has 2 fully saturated rings. The third-order valence-electron chi connectivity index (χ3n) is 4.84. The molecular formula is C18H22N4O2. The van der Waals surface area contributed by atoms with Crippen molar-refractivity contribution in [3.8, 4) is 0 Å². The van der Waals surface area contributed by atoms with Crippen molar-refractivity contribution in [2.24, 2.45) is 5.92 Å². The molecule has 6 nitrogen and oxygen atoms in total. The summed E-state index contributed by atoms with van der Waals surface area (Å²) >= 11 is 0. The molecular weight excluding hydrogens is 304 g/mol. The molecule has 2 aromatic rings. The maximum atomic E-state index is 12.0. The minimum Gasteiger partial charge on any atom is -0.381 e. The van der Waals surface area contributed by atoms with E-state index < -0.39 is 0 Å². The van der Waals surface area contributed by atoms with Gasteiger partial charge in [0, 0.05) is 43.3 Å². The predicted molar refractivity (Wildman–Crippen MR) is 93.2 cm³/mol. The first-order valence-electron chi connectivity index (χ1n) is 8.61. The van der Waals surface area contributed by atoms with Crippen molar-refractivity contribution < 1.29 is 9.53 Å². The first-order chi connectivity index (χ1) is 11.8. The van der Waals surface area contributed by atoms with Crippen molar-refractivity contribution in [2.75, 3.05) is 30.9 Å². The normalized spacial score (nSPS) is 20.8. The fraction of sp³-hybridized carbons (Fsp3) is 0.500. The number of hydrogen-bond acceptors (Lipinski definition) is 5. The number of carbonyl (C=O) groups excluding carboxylic acids is 1. The Kier molecular flexibility index (Phi) is 4.06. The van der Waals surface area contributed by atoms with Gasteiger partial charge in [0.15, 0.2) is 0 Å². The summed E-state index contributed by atoms with van der Waals surface area (Å²) in [7, 11) is 1.86. The Morgan fingerprint density at radius 1 is 1.21 bits per heavy atom. The highest BCUT2D eigenvalue weighted by Gasteiger charge is 2.30. The summed E-state index contributed by atoms with van der Waals surface area (Å²) in [5.41, 5.74) is 1.17. The lowest BCUT2D eigenvalue weighted by atomic mass is 9.91. The maximum Gasteiger partial charge on any atom is 0.228 e. The summed E-state index contributed by atoms with van der Waals surface area (Å²) in [4.78, 5) is 21.0. The fourth-order valence-corrected chi connectivity index (χ4v) is 3.31. The molecule has 3 heterocycles. The first kappa shape index (κ1) is 15.3. The van der Waals surface area contributed by atoms with Gasteiger partial charge in [0.05, 0.1) is 6.61 Å². The highest BCUT2D eigenvalue weighted by atomic mass is 16.5. The lowest BCUT2D eigenvalue weighted by Gasteiger charge is -2.24. The predicted octanol–water partition coefficient (Wildman–Crippen LogP) is 2.91. The number of aromatic nitrogens is 2. The third kappa shape index (κ3) is 2.94. The zero-order chi connectivity index (χ0) is 16.5. The number of anilines is 2. The van der Waals surface area contributed by atoms with Crippen LogP contribution in [0.25, 0.3) is 10.8 Å². The molecule has 4 rings (SSSR count). The number of pyridine rings is 2. The number of amides is 1. The number of nitrogens with one attached hydrogen (secondary N) is 2. The van der Waals surface area contributed by atoms with E-state index in [0.29, 0.717) is 11.7 Å². The Morgan fingerprint density at radius 2 is 2.08 bits per heavy atom. The molecule has 2 N–H and O–H groups in total. The lowest BCUT2D eigenvalue weighted by molar-refractivity contribution is -0.117. The van der Waals surface area contributed by atoms with Gasteiger partial charge in [0.25, 0.3) is 0 Å². The molecule has 1 saturated carbocycles. The van der Waals surface area contributed by atoms with Gasteiger partial charge in [-0.1, -0.05) is 0 Å². The summed E-state index contributed by atoms with van der Waals surface area (Å²) in [6.45, 7) is 1.56. The molecule has 126 valence electrons. The highest BCUT2D eigenvalue weighted by Crippen LogP contribution is 2.35. The van der Waals surface area contributed by atoms with Gasteiger partial charge in [-0.05, 0) is 42.7 Å². The summed E-state index contributed by atoms with van der Waals surface area (Å²) < 4.78 is 5.65. The second-order valence-electron chi connectivity index (χ2n) is 6.60. The van der Waals surface area contributed by atoms with Crippen LogP contribution in [0.15, 0.2) is 18.5 Å². The molecule has 0 spiro atoms. The van der Waals surface area contributed by atoms with E-state index in [1.807, 2.05) is 19.3 Å². The standard InChI is InChI=1S/C18H22N4O2/c1-19-17-15-9-20-16(22-18(23)11-4-5-11)7-13(15)14(8-21-17)12-3-2-6-24-10-12/h7-9,11-12H,2-6,10H2,1H3,(H,19,21)(H,20,22,23). The summed E-state index contributed by atoms with van der Waals surface area (Å²) in [6.07, 6.45) is 7.86. The second-order valence-corrected chi connectivity index (χ2v) is 6.60. The topological polar surface area (TPSA) is 76.1 Å². The fourth-order valence-electron chi connectivity index (χ4n) is 3.31. The van der Waals surface area contributed by atoms with Gasteiger partial charge in [-0.3, -0.25) is 4.79 Å². The van der Waals surface area contributed by atoms with E-state index in [4.69, 9.17) is 4.74 Å². The van der Waals surface area contributed by atoms with Gasteiger partial charge in [-0.15, -0.1) is 0 Å². The van der Waals surface area contributed by atoms with Gasteiger partial charge in [-0.25, -0.2) is 9.97 Å². The van der Waals surface area contributed by atoms with Crippen molar-refractivity contribution in [3.05, 3.63) is 24.0 Å². The average molecular weight is 326 g/mol. The monoisotopic (exact) mass is 326 g/mol. The number of hydrogen-bond donors (Lipinski definition) is 2. The Morgan fingerprint density at radius 3 is 2.79 bits per heavy atom. The SMILES string of the molecule is CNc1ncc(C2CCCOC2)c2cc(NC(=O)C3CC3)ncc12. The van der Waals surface area contributed by atoms with Crippen LogP contribution >= 0.6 is 0 Å². The smallest absolute Gasteiger partial charge is 0.228 e. The van der Waals surface area contributed by atoms with Gasteiger partial charge in [0.2, 0.25) is 5.91 Å². The number of rotatable bonds is 4. The molecule has 6 heteroatoms. The molecule has 1 atom stereocenters. The van der Waals surface area contributed by atoms with E-state index in [1.165, 1.54) is 5.56 Å². The molecule has 0 aromatic carbocycles. The van der Waals surface area contributed by atoms with E-state index in [1.54, 1.807) is 6.20 Å². The van der Waals surface area contributed by atoms with Crippen LogP contribution < -0.4 is 10.6 Å². The molecule has 1 aliphatic heterocycles. The number of carbonyl (C=O) groups is 1. The van der Waals surface area contributed by atoms with E-state index in [9.17, 15) is 4.79 Å². The van der Waals surface area contributed by atoms with Crippen LogP contribution in [0, 0.1) is 5.92 Å². The van der Waals surface area contributed by atoms with E-state index in [-0.39, 0.29) is 11.8 Å². The second kappa shape index (κ2) is 6.36. The zero-order valence-corrected chi connectivity index (χ0v) is 13.8. The molecule has 1 amide bonds. The molecule has 2 aliphatic rings. The van der Waals surface area contributed by atoms with Crippen LogP contribution in [0.3, 0.4) is 0 Å². The van der Waals surface area contributed by atoms with E-state index in [0.717, 1.165) is 55.5 Å². The highest BCUT2D eigenvalue weighted by molar-refractivity contribution is 5.98. The first-order valence-corrected chi connectivity index (χ1v) is 8.61. The van der Waals surface area contributed by atoms with Crippen LogP contribution in [0.2, 0.25) is 0 Å². The minimum atomic E-state index is 0.0762. The van der Waals surface area contributed by atoms with Crippen LogP contribution in [0.5, 0.6) is 0 Å². The molecule has 1 aliphatic carbocycles. The van der Waals surface area contributed by atoms with Crippen LogP contribution in [-0.4, -0.2) is 36.1 Å². The van der Waals surface area contributed by atoms with Crippen molar-refractivity contribution in [1.29, 1.82) is 0 Å². The molecule has 1 unspecified atom stereocenters. The largest absolute Gasteiger partial charge is 0.381 e. The summed E-state index contributed by atoms with van der Waals surface area (Å²) in [5.74, 6) is 2.00. The van der Waals surface area contributed by atoms with Crippen molar-refractivity contribution >= 4 is 28.3 Å². The maximum absolute atomic E-state index is 12.0. The van der Waals surface area contributed by atoms with Gasteiger partial charge in [-0.2, -0.15) is 0 Å². The number of nitrogens with zero attached hydrogens (tertiary/aromatic N) is 2. The minimum absolute atomic E-state index is 0.0762. The van der Waals surface area contributed by atoms with Gasteiger partial charge in [0.1, 0.15) is 11.6 Å². The lowest BCUT2D eigenvalue weighted by Crippen LogP contribution is -2.17. The number of ether oxygens (including phenoxy) is 1. The molecule has 24 heavy (non-hydrogen) atoms. The quantitative estimate of drug-likeness (QED) is 0.903. The van der Waals surface area contributed by atoms with Crippen molar-refractivity contribution in [2.45, 2.75) is 31.6 Å². The Hall–Kier alpha value is -2.21. The van der Waals surface area contributed by atoms with Gasteiger partial charge < -0.3 is 15.4 Å². The third-order valence-corrected chi connectivity index (χ3v) is 4.84. The Balaban J connectivity index is 1.74. The molecule has 0 radical (unpaired) electrons. The molecule has 1 saturated heterocycles. The Bertz CT molecular complexity index is 767. The van der Waals surface area contributed by atoms with Crippen LogP contribution in [0.1, 0.15) is 37.2 Å². The number of fused-ring (bicyclic) bond motifs is 1. The van der Waals surface area contributed by atoms with E-state index in [2.05, 4.69) is 20.6 Å². The summed E-state index contributed by atoms with van der Waals surface area (Å²) in [6, 6.07) is 1.97. The molecule has 2 aromatic heterocycles. The average Bonchev–Trinajstić information content (AvgIpc) is 3.46. The van der Waals surface area contributed by atoms with E-state index >= 15 is 0 Å².